The molecule has 170 valence electrons. The first kappa shape index (κ1) is 22.8. The number of rotatable bonds is 7. The number of halogens is 3. The first-order valence-corrected chi connectivity index (χ1v) is 9.16. The van der Waals surface area contributed by atoms with Crippen LogP contribution in [0.25, 0.3) is 0 Å². The lowest BCUT2D eigenvalue weighted by Crippen LogP contribution is -2.46. The highest BCUT2D eigenvalue weighted by Crippen LogP contribution is 2.31. The number of non-ortho nitro benzene ring substituents is 1. The van der Waals surface area contributed by atoms with Gasteiger partial charge in [0.25, 0.3) is 11.6 Å². The third-order valence-corrected chi connectivity index (χ3v) is 4.85. The van der Waals surface area contributed by atoms with Crippen LogP contribution in [0.3, 0.4) is 0 Å². The molecule has 2 heterocycles. The molecule has 0 saturated carbocycles. The van der Waals surface area contributed by atoms with Crippen LogP contribution in [0.4, 0.5) is 23.7 Å². The highest BCUT2D eigenvalue weighted by atomic mass is 19.4. The third-order valence-electron chi connectivity index (χ3n) is 4.85. The Kier molecular flexibility index (Phi) is 5.92. The third kappa shape index (κ3) is 4.71. The zero-order valence-electron chi connectivity index (χ0n) is 16.6. The van der Waals surface area contributed by atoms with Gasteiger partial charge in [-0.2, -0.15) is 13.2 Å². The molecule has 1 fully saturated rings. The number of hydrogen-bond donors (Lipinski definition) is 1. The van der Waals surface area contributed by atoms with Crippen LogP contribution in [0.2, 0.25) is 0 Å². The van der Waals surface area contributed by atoms with E-state index in [-0.39, 0.29) is 17.0 Å². The zero-order chi connectivity index (χ0) is 23.7. The number of carbonyl (C=O) groups is 3. The summed E-state index contributed by atoms with van der Waals surface area (Å²) < 4.78 is 43.9. The van der Waals surface area contributed by atoms with Gasteiger partial charge in [0.05, 0.1) is 17.7 Å². The van der Waals surface area contributed by atoms with E-state index in [2.05, 4.69) is 5.32 Å². The van der Waals surface area contributed by atoms with E-state index in [9.17, 15) is 37.7 Å². The minimum atomic E-state index is -4.73. The summed E-state index contributed by atoms with van der Waals surface area (Å²) in [5, 5.41) is 13.4. The van der Waals surface area contributed by atoms with Crippen LogP contribution in [-0.4, -0.2) is 51.8 Å². The van der Waals surface area contributed by atoms with E-state index in [0.29, 0.717) is 9.80 Å². The number of hydrogen-bond acceptors (Lipinski definition) is 6. The number of nitrogens with zero attached hydrogens (tertiary/aromatic N) is 3. The number of furan rings is 1. The Labute approximate surface area is 178 Å². The first-order chi connectivity index (χ1) is 14.9. The van der Waals surface area contributed by atoms with E-state index in [1.807, 2.05) is 0 Å². The maximum Gasteiger partial charge on any atom is 0.406 e. The highest BCUT2D eigenvalue weighted by molar-refractivity contribution is 6.09. The number of imide groups is 1. The number of nitro benzene ring substituents is 1. The van der Waals surface area contributed by atoms with Crippen LogP contribution < -0.4 is 5.32 Å². The number of alkyl halides is 3. The van der Waals surface area contributed by atoms with Crippen molar-refractivity contribution in [3.05, 3.63) is 64.1 Å². The summed E-state index contributed by atoms with van der Waals surface area (Å²) in [6.45, 7) is -1.80. The van der Waals surface area contributed by atoms with Crippen molar-refractivity contribution >= 4 is 23.5 Å². The van der Waals surface area contributed by atoms with Gasteiger partial charge in [-0.15, -0.1) is 0 Å². The molecule has 1 unspecified atom stereocenters. The van der Waals surface area contributed by atoms with Crippen molar-refractivity contribution in [2.45, 2.75) is 25.2 Å². The van der Waals surface area contributed by atoms with Crippen LogP contribution in [0.1, 0.15) is 18.2 Å². The molecule has 1 aliphatic rings. The summed E-state index contributed by atoms with van der Waals surface area (Å²) in [6, 6.07) is 6.79. The normalized spacial score (nSPS) is 18.6. The van der Waals surface area contributed by atoms with Crippen LogP contribution in [0, 0.1) is 10.1 Å². The fraction of sp³-hybridized carbons (Fsp3) is 0.316. The van der Waals surface area contributed by atoms with Gasteiger partial charge in [0, 0.05) is 12.1 Å². The number of nitrogens with one attached hydrogen (secondary N) is 1. The van der Waals surface area contributed by atoms with E-state index >= 15 is 0 Å². The molecule has 0 bridgehead atoms. The maximum absolute atomic E-state index is 13.0. The van der Waals surface area contributed by atoms with Crippen molar-refractivity contribution in [3.63, 3.8) is 0 Å². The van der Waals surface area contributed by atoms with Gasteiger partial charge in [0.15, 0.2) is 0 Å². The Bertz CT molecular complexity index is 1060. The molecule has 0 spiro atoms. The van der Waals surface area contributed by atoms with E-state index < -0.39 is 54.1 Å². The van der Waals surface area contributed by atoms with Crippen molar-refractivity contribution in [3.8, 4) is 0 Å². The second-order valence-electron chi connectivity index (χ2n) is 7.20. The average Bonchev–Trinajstić information content (AvgIpc) is 3.29. The van der Waals surface area contributed by atoms with Gasteiger partial charge < -0.3 is 14.6 Å². The standard InChI is InChI=1S/C19H17F3N4O6/c1-18(12-4-2-5-13(8-12)26(30)31)16(28)25(17(29)23-18)10-15(27)24(11-19(20,21)22)9-14-6-3-7-32-14/h2-8H,9-11H2,1H3,(H,23,29). The number of amides is 4. The molecule has 1 aliphatic heterocycles. The predicted octanol–water partition coefficient (Wildman–Crippen LogP) is 2.55. The lowest BCUT2D eigenvalue weighted by atomic mass is 9.91. The Hall–Kier alpha value is -3.90. The van der Waals surface area contributed by atoms with Gasteiger partial charge >= 0.3 is 12.2 Å². The van der Waals surface area contributed by atoms with Gasteiger partial charge in [-0.3, -0.25) is 24.6 Å². The van der Waals surface area contributed by atoms with E-state index in [0.717, 1.165) is 6.07 Å². The van der Waals surface area contributed by atoms with E-state index in [1.54, 1.807) is 0 Å². The van der Waals surface area contributed by atoms with E-state index in [1.165, 1.54) is 43.5 Å². The summed E-state index contributed by atoms with van der Waals surface area (Å²) >= 11 is 0. The van der Waals surface area contributed by atoms with Crippen LogP contribution >= 0.6 is 0 Å². The molecular weight excluding hydrogens is 437 g/mol. The second-order valence-corrected chi connectivity index (χ2v) is 7.20. The van der Waals surface area contributed by atoms with Crippen molar-refractivity contribution in [1.82, 2.24) is 15.1 Å². The Balaban J connectivity index is 1.82. The molecular formula is C19H17F3N4O6. The van der Waals surface area contributed by atoms with Crippen molar-refractivity contribution in [1.29, 1.82) is 0 Å². The van der Waals surface area contributed by atoms with Gasteiger partial charge in [0.2, 0.25) is 5.91 Å². The molecule has 3 rings (SSSR count). The molecule has 0 aliphatic carbocycles. The quantitative estimate of drug-likeness (QED) is 0.389. The Morgan fingerprint density at radius 1 is 1.28 bits per heavy atom. The number of nitro groups is 1. The minimum absolute atomic E-state index is 0.0845. The Morgan fingerprint density at radius 3 is 2.59 bits per heavy atom. The number of benzene rings is 1. The highest BCUT2D eigenvalue weighted by Gasteiger charge is 2.50. The molecule has 4 amide bonds. The molecule has 1 saturated heterocycles. The largest absolute Gasteiger partial charge is 0.467 e. The van der Waals surface area contributed by atoms with Crippen molar-refractivity contribution < 1.29 is 36.9 Å². The minimum Gasteiger partial charge on any atom is -0.467 e. The van der Waals surface area contributed by atoms with Gasteiger partial charge in [-0.1, -0.05) is 12.1 Å². The van der Waals surface area contributed by atoms with Crippen LogP contribution in [0.5, 0.6) is 0 Å². The first-order valence-electron chi connectivity index (χ1n) is 9.16. The smallest absolute Gasteiger partial charge is 0.406 e. The summed E-state index contributed by atoms with van der Waals surface area (Å²) in [5.41, 5.74) is -1.97. The molecule has 32 heavy (non-hydrogen) atoms. The summed E-state index contributed by atoms with van der Waals surface area (Å²) in [7, 11) is 0. The topological polar surface area (TPSA) is 126 Å². The van der Waals surface area contributed by atoms with Crippen molar-refractivity contribution in [2.75, 3.05) is 13.1 Å². The molecule has 1 N–H and O–H groups in total. The lowest BCUT2D eigenvalue weighted by Gasteiger charge is -2.25. The SMILES string of the molecule is CC1(c2cccc([N+](=O)[O-])c2)NC(=O)N(CC(=O)N(Cc2ccco2)CC(F)(F)F)C1=O. The maximum atomic E-state index is 13.0. The molecule has 0 radical (unpaired) electrons. The fourth-order valence-electron chi connectivity index (χ4n) is 3.24. The second kappa shape index (κ2) is 8.32. The average molecular weight is 454 g/mol. The molecule has 1 aromatic heterocycles. The summed E-state index contributed by atoms with van der Waals surface area (Å²) in [5.74, 6) is -1.98. The monoisotopic (exact) mass is 454 g/mol. The molecule has 2 aromatic rings. The zero-order valence-corrected chi connectivity index (χ0v) is 16.6. The summed E-state index contributed by atoms with van der Waals surface area (Å²) in [6.07, 6.45) is -3.50. The lowest BCUT2D eigenvalue weighted by molar-refractivity contribution is -0.385. The van der Waals surface area contributed by atoms with E-state index in [4.69, 9.17) is 4.42 Å². The molecule has 10 nitrogen and oxygen atoms in total. The molecule has 1 aromatic carbocycles. The number of carbonyl (C=O) groups excluding carboxylic acids is 3. The Morgan fingerprint density at radius 2 is 2.00 bits per heavy atom. The number of urea groups is 1. The molecule has 13 heteroatoms. The van der Waals surface area contributed by atoms with Gasteiger partial charge in [0.1, 0.15) is 24.4 Å². The summed E-state index contributed by atoms with van der Waals surface area (Å²) in [4.78, 5) is 49.2. The fourth-order valence-corrected chi connectivity index (χ4v) is 3.24. The van der Waals surface area contributed by atoms with Gasteiger partial charge in [-0.05, 0) is 24.6 Å². The predicted molar refractivity (Wildman–Crippen MR) is 101 cm³/mol. The van der Waals surface area contributed by atoms with Crippen LogP contribution in [0.15, 0.2) is 47.1 Å². The molecule has 1 atom stereocenters. The van der Waals surface area contributed by atoms with Crippen LogP contribution in [-0.2, 0) is 21.7 Å². The van der Waals surface area contributed by atoms with Gasteiger partial charge in [-0.25, -0.2) is 4.79 Å². The van der Waals surface area contributed by atoms with Crippen molar-refractivity contribution in [2.24, 2.45) is 0 Å².